The first-order valence-corrected chi connectivity index (χ1v) is 7.74. The molecule has 1 saturated heterocycles. The maximum absolute atomic E-state index is 10.2. The first-order valence-electron chi connectivity index (χ1n) is 7.74. The number of anilines is 1. The number of para-hydroxylation sites is 1. The molecule has 4 heteroatoms. The summed E-state index contributed by atoms with van der Waals surface area (Å²) in [5.74, 6) is 0. The Morgan fingerprint density at radius 1 is 1.35 bits per heavy atom. The average molecular weight is 275 g/mol. The Bertz CT molecular complexity index is 443. The molecule has 0 aliphatic carbocycles. The van der Waals surface area contributed by atoms with Crippen LogP contribution in [0.1, 0.15) is 18.4 Å². The van der Waals surface area contributed by atoms with Crippen molar-refractivity contribution in [2.45, 2.75) is 24.9 Å². The van der Waals surface area contributed by atoms with Crippen molar-refractivity contribution < 1.29 is 5.11 Å². The molecule has 0 saturated carbocycles. The maximum atomic E-state index is 10.2. The molecule has 1 aromatic rings. The lowest BCUT2D eigenvalue weighted by Crippen LogP contribution is -2.43. The van der Waals surface area contributed by atoms with Crippen LogP contribution in [0.2, 0.25) is 0 Å². The third-order valence-corrected chi connectivity index (χ3v) is 4.44. The van der Waals surface area contributed by atoms with Crippen LogP contribution >= 0.6 is 0 Å². The van der Waals surface area contributed by atoms with Gasteiger partial charge in [0.15, 0.2) is 0 Å². The van der Waals surface area contributed by atoms with Gasteiger partial charge in [-0.25, -0.2) is 0 Å². The molecule has 4 nitrogen and oxygen atoms in total. The van der Waals surface area contributed by atoms with Crippen LogP contribution in [0.15, 0.2) is 24.3 Å². The second-order valence-electron chi connectivity index (χ2n) is 6.05. The molecular formula is C16H25N3O. The molecule has 2 aliphatic heterocycles. The standard InChI is InChI=1S/C16H25N3O/c20-16(7-9-18-13-16)12-17-8-3-10-19-11-6-14-4-1-2-5-15(14)19/h1-2,4-5,17-18,20H,3,6-13H2/t16-/m1/s1. The predicted octanol–water partition coefficient (Wildman–Crippen LogP) is 0.753. The fraction of sp³-hybridized carbons (Fsp3) is 0.625. The van der Waals surface area contributed by atoms with Crippen LogP contribution in [0.4, 0.5) is 5.69 Å². The normalized spacial score (nSPS) is 25.1. The van der Waals surface area contributed by atoms with Gasteiger partial charge in [0.05, 0.1) is 5.60 Å². The lowest BCUT2D eigenvalue weighted by molar-refractivity contribution is 0.0613. The highest BCUT2D eigenvalue weighted by molar-refractivity contribution is 5.57. The molecule has 2 aliphatic rings. The van der Waals surface area contributed by atoms with E-state index in [4.69, 9.17) is 0 Å². The van der Waals surface area contributed by atoms with E-state index in [2.05, 4.69) is 39.8 Å². The Morgan fingerprint density at radius 2 is 2.25 bits per heavy atom. The van der Waals surface area contributed by atoms with E-state index in [0.717, 1.165) is 45.6 Å². The minimum absolute atomic E-state index is 0.528. The van der Waals surface area contributed by atoms with Crippen molar-refractivity contribution in [3.05, 3.63) is 29.8 Å². The number of hydrogen-bond acceptors (Lipinski definition) is 4. The van der Waals surface area contributed by atoms with Crippen molar-refractivity contribution in [1.82, 2.24) is 10.6 Å². The zero-order chi connectivity index (χ0) is 13.8. The van der Waals surface area contributed by atoms with E-state index in [1.165, 1.54) is 17.7 Å². The highest BCUT2D eigenvalue weighted by Gasteiger charge is 2.30. The number of rotatable bonds is 6. The Kier molecular flexibility index (Phi) is 4.24. The molecule has 0 bridgehead atoms. The van der Waals surface area contributed by atoms with Gasteiger partial charge in [-0.3, -0.25) is 0 Å². The van der Waals surface area contributed by atoms with Crippen molar-refractivity contribution >= 4 is 5.69 Å². The zero-order valence-electron chi connectivity index (χ0n) is 12.1. The van der Waals surface area contributed by atoms with E-state index >= 15 is 0 Å². The third-order valence-electron chi connectivity index (χ3n) is 4.44. The van der Waals surface area contributed by atoms with Crippen LogP contribution in [-0.2, 0) is 6.42 Å². The number of nitrogens with zero attached hydrogens (tertiary/aromatic N) is 1. The molecule has 2 heterocycles. The molecule has 3 N–H and O–H groups in total. The lowest BCUT2D eigenvalue weighted by atomic mass is 10.0. The second kappa shape index (κ2) is 6.12. The van der Waals surface area contributed by atoms with E-state index in [0.29, 0.717) is 6.54 Å². The quantitative estimate of drug-likeness (QED) is 0.671. The maximum Gasteiger partial charge on any atom is 0.0907 e. The number of hydrogen-bond donors (Lipinski definition) is 3. The van der Waals surface area contributed by atoms with Crippen molar-refractivity contribution in [2.24, 2.45) is 0 Å². The molecule has 1 aromatic carbocycles. The number of aliphatic hydroxyl groups is 1. The van der Waals surface area contributed by atoms with Crippen molar-refractivity contribution in [3.63, 3.8) is 0 Å². The molecule has 3 rings (SSSR count). The van der Waals surface area contributed by atoms with Gasteiger partial charge in [-0.2, -0.15) is 0 Å². The molecule has 110 valence electrons. The largest absolute Gasteiger partial charge is 0.387 e. The number of nitrogens with one attached hydrogen (secondary N) is 2. The van der Waals surface area contributed by atoms with Gasteiger partial charge in [-0.05, 0) is 44.0 Å². The second-order valence-corrected chi connectivity index (χ2v) is 6.05. The molecular weight excluding hydrogens is 250 g/mol. The van der Waals surface area contributed by atoms with E-state index in [9.17, 15) is 5.11 Å². The zero-order valence-corrected chi connectivity index (χ0v) is 12.1. The summed E-state index contributed by atoms with van der Waals surface area (Å²) in [5, 5.41) is 16.8. The summed E-state index contributed by atoms with van der Waals surface area (Å²) in [6.45, 7) is 5.58. The van der Waals surface area contributed by atoms with Crippen LogP contribution in [0.3, 0.4) is 0 Å². The van der Waals surface area contributed by atoms with Gasteiger partial charge in [0.1, 0.15) is 0 Å². The van der Waals surface area contributed by atoms with Crippen LogP contribution < -0.4 is 15.5 Å². The van der Waals surface area contributed by atoms with Crippen molar-refractivity contribution in [1.29, 1.82) is 0 Å². The van der Waals surface area contributed by atoms with Gasteiger partial charge in [-0.1, -0.05) is 18.2 Å². The van der Waals surface area contributed by atoms with E-state index in [1.54, 1.807) is 0 Å². The van der Waals surface area contributed by atoms with Crippen molar-refractivity contribution in [2.75, 3.05) is 44.2 Å². The molecule has 0 spiro atoms. The van der Waals surface area contributed by atoms with Crippen LogP contribution in [-0.4, -0.2) is 50.0 Å². The SMILES string of the molecule is O[C@@]1(CNCCCN2CCc3ccccc32)CCNC1. The van der Waals surface area contributed by atoms with E-state index < -0.39 is 5.60 Å². The average Bonchev–Trinajstić information content (AvgIpc) is 3.06. The molecule has 0 radical (unpaired) electrons. The Morgan fingerprint density at radius 3 is 3.10 bits per heavy atom. The molecule has 20 heavy (non-hydrogen) atoms. The summed E-state index contributed by atoms with van der Waals surface area (Å²) in [7, 11) is 0. The summed E-state index contributed by atoms with van der Waals surface area (Å²) in [6, 6.07) is 8.71. The molecule has 0 aromatic heterocycles. The highest BCUT2D eigenvalue weighted by atomic mass is 16.3. The molecule has 1 fully saturated rings. The highest BCUT2D eigenvalue weighted by Crippen LogP contribution is 2.27. The summed E-state index contributed by atoms with van der Waals surface area (Å²) < 4.78 is 0. The first-order chi connectivity index (χ1) is 9.77. The number of benzene rings is 1. The van der Waals surface area contributed by atoms with E-state index in [1.807, 2.05) is 0 Å². The van der Waals surface area contributed by atoms with Gasteiger partial charge in [0, 0.05) is 31.9 Å². The number of fused-ring (bicyclic) bond motifs is 1. The Balaban J connectivity index is 1.37. The molecule has 1 atom stereocenters. The topological polar surface area (TPSA) is 47.5 Å². The number of β-amino-alcohol motifs (C(OH)–C–C–N with tert-alkyl or cyclic N) is 1. The summed E-state index contributed by atoms with van der Waals surface area (Å²) >= 11 is 0. The van der Waals surface area contributed by atoms with Crippen LogP contribution in [0.25, 0.3) is 0 Å². The van der Waals surface area contributed by atoms with E-state index in [-0.39, 0.29) is 0 Å². The summed E-state index contributed by atoms with van der Waals surface area (Å²) in [6.07, 6.45) is 3.16. The minimum Gasteiger partial charge on any atom is -0.387 e. The summed E-state index contributed by atoms with van der Waals surface area (Å²) in [5.41, 5.74) is 2.36. The Labute approximate surface area is 121 Å². The minimum atomic E-state index is -0.528. The predicted molar refractivity (Wildman–Crippen MR) is 82.3 cm³/mol. The lowest BCUT2D eigenvalue weighted by Gasteiger charge is -2.23. The monoisotopic (exact) mass is 275 g/mol. The summed E-state index contributed by atoms with van der Waals surface area (Å²) in [4.78, 5) is 2.48. The van der Waals surface area contributed by atoms with Crippen molar-refractivity contribution in [3.8, 4) is 0 Å². The van der Waals surface area contributed by atoms with Gasteiger partial charge in [-0.15, -0.1) is 0 Å². The van der Waals surface area contributed by atoms with Crippen LogP contribution in [0.5, 0.6) is 0 Å². The third kappa shape index (κ3) is 3.14. The first kappa shape index (κ1) is 13.9. The fourth-order valence-electron chi connectivity index (χ4n) is 3.24. The van der Waals surface area contributed by atoms with Gasteiger partial charge in [0.2, 0.25) is 0 Å². The molecule has 0 amide bonds. The van der Waals surface area contributed by atoms with Crippen LogP contribution in [0, 0.1) is 0 Å². The fourth-order valence-corrected chi connectivity index (χ4v) is 3.24. The van der Waals surface area contributed by atoms with Gasteiger partial charge in [0.25, 0.3) is 0 Å². The Hall–Kier alpha value is -1.10. The van der Waals surface area contributed by atoms with Gasteiger partial charge >= 0.3 is 0 Å². The smallest absolute Gasteiger partial charge is 0.0907 e. The molecule has 0 unspecified atom stereocenters. The van der Waals surface area contributed by atoms with Gasteiger partial charge < -0.3 is 20.6 Å².